The molecule has 0 saturated carbocycles. The molecule has 1 unspecified atom stereocenters. The van der Waals surface area contributed by atoms with E-state index in [9.17, 15) is 0 Å². The third-order valence-corrected chi connectivity index (χ3v) is 3.31. The third kappa shape index (κ3) is 2.16. The molecule has 0 radical (unpaired) electrons. The van der Waals surface area contributed by atoms with Gasteiger partial charge in [-0.05, 0) is 13.8 Å². The molecule has 0 aromatic carbocycles. The quantitative estimate of drug-likeness (QED) is 0.815. The lowest BCUT2D eigenvalue weighted by Crippen LogP contribution is -2.19. The van der Waals surface area contributed by atoms with Gasteiger partial charge in [0.1, 0.15) is 0 Å². The highest BCUT2D eigenvalue weighted by Crippen LogP contribution is 2.16. The molecule has 6 nitrogen and oxygen atoms in total. The van der Waals surface area contributed by atoms with Crippen LogP contribution in [0.2, 0.25) is 0 Å². The fraction of sp³-hybridized carbons (Fsp3) is 0.500. The van der Waals surface area contributed by atoms with Crippen LogP contribution in [0.1, 0.15) is 28.7 Å². The van der Waals surface area contributed by atoms with Crippen LogP contribution < -0.4 is 5.73 Å². The minimum atomic E-state index is -0.398. The van der Waals surface area contributed by atoms with Gasteiger partial charge in [-0.15, -0.1) is 0 Å². The molecule has 2 rings (SSSR count). The standard InChI is InChI=1S/C12H19N5O/c1-8-10(9(2)16(3)15-8)5-17-7-14-4-12(17)11(13)6-18/h4,7,11,18H,5-6,13H2,1-3H3. The predicted octanol–water partition coefficient (Wildman–Crippen LogP) is 0.274. The Kier molecular flexibility index (Phi) is 3.49. The van der Waals surface area contributed by atoms with Crippen molar-refractivity contribution in [1.29, 1.82) is 0 Å². The average Bonchev–Trinajstić information content (AvgIpc) is 2.89. The van der Waals surface area contributed by atoms with Crippen LogP contribution in [0.4, 0.5) is 0 Å². The van der Waals surface area contributed by atoms with E-state index in [2.05, 4.69) is 10.1 Å². The van der Waals surface area contributed by atoms with Crippen LogP contribution in [-0.4, -0.2) is 31.0 Å². The summed E-state index contributed by atoms with van der Waals surface area (Å²) in [5, 5.41) is 13.5. The Hall–Kier alpha value is -1.66. The van der Waals surface area contributed by atoms with Crippen molar-refractivity contribution in [2.45, 2.75) is 26.4 Å². The highest BCUT2D eigenvalue weighted by Gasteiger charge is 2.14. The number of aryl methyl sites for hydroxylation is 2. The number of nitrogens with zero attached hydrogens (tertiary/aromatic N) is 4. The van der Waals surface area contributed by atoms with Crippen LogP contribution in [-0.2, 0) is 13.6 Å². The van der Waals surface area contributed by atoms with E-state index < -0.39 is 6.04 Å². The molecule has 1 atom stereocenters. The van der Waals surface area contributed by atoms with Gasteiger partial charge >= 0.3 is 0 Å². The first-order valence-corrected chi connectivity index (χ1v) is 5.90. The van der Waals surface area contributed by atoms with Gasteiger partial charge in [-0.1, -0.05) is 0 Å². The van der Waals surface area contributed by atoms with Crippen molar-refractivity contribution in [3.05, 3.63) is 35.2 Å². The molecule has 0 fully saturated rings. The maximum atomic E-state index is 9.13. The maximum Gasteiger partial charge on any atom is 0.0951 e. The fourth-order valence-corrected chi connectivity index (χ4v) is 2.08. The summed E-state index contributed by atoms with van der Waals surface area (Å²) in [5.41, 5.74) is 9.98. The van der Waals surface area contributed by atoms with E-state index in [4.69, 9.17) is 10.8 Å². The molecule has 0 saturated heterocycles. The van der Waals surface area contributed by atoms with E-state index in [1.807, 2.05) is 30.1 Å². The van der Waals surface area contributed by atoms with E-state index in [0.29, 0.717) is 6.54 Å². The molecule has 2 aromatic heterocycles. The smallest absolute Gasteiger partial charge is 0.0951 e. The summed E-state index contributed by atoms with van der Waals surface area (Å²) in [7, 11) is 1.93. The molecular formula is C12H19N5O. The van der Waals surface area contributed by atoms with Gasteiger partial charge in [-0.3, -0.25) is 4.68 Å². The van der Waals surface area contributed by atoms with Gasteiger partial charge in [-0.2, -0.15) is 5.10 Å². The number of hydrogen-bond donors (Lipinski definition) is 2. The fourth-order valence-electron chi connectivity index (χ4n) is 2.08. The Balaban J connectivity index is 2.32. The molecule has 0 aliphatic rings. The van der Waals surface area contributed by atoms with Crippen molar-refractivity contribution in [2.75, 3.05) is 6.61 Å². The van der Waals surface area contributed by atoms with Gasteiger partial charge in [0.05, 0.1) is 36.9 Å². The van der Waals surface area contributed by atoms with Crippen molar-refractivity contribution in [2.24, 2.45) is 12.8 Å². The number of rotatable bonds is 4. The van der Waals surface area contributed by atoms with Gasteiger partial charge in [0, 0.05) is 24.5 Å². The van der Waals surface area contributed by atoms with Crippen LogP contribution in [0.25, 0.3) is 0 Å². The molecule has 6 heteroatoms. The molecular weight excluding hydrogens is 230 g/mol. The zero-order valence-corrected chi connectivity index (χ0v) is 11.0. The van der Waals surface area contributed by atoms with Gasteiger partial charge in [-0.25, -0.2) is 4.98 Å². The molecule has 2 aromatic rings. The number of aliphatic hydroxyl groups is 1. The Labute approximate surface area is 106 Å². The first-order chi connectivity index (χ1) is 8.54. The second-order valence-electron chi connectivity index (χ2n) is 4.51. The number of aromatic nitrogens is 4. The van der Waals surface area contributed by atoms with Crippen LogP contribution in [0.3, 0.4) is 0 Å². The zero-order valence-electron chi connectivity index (χ0n) is 11.0. The van der Waals surface area contributed by atoms with Crippen LogP contribution in [0.5, 0.6) is 0 Å². The maximum absolute atomic E-state index is 9.13. The summed E-state index contributed by atoms with van der Waals surface area (Å²) in [6, 6.07) is -0.398. The number of imidazole rings is 1. The van der Waals surface area contributed by atoms with Gasteiger partial charge in [0.2, 0.25) is 0 Å². The largest absolute Gasteiger partial charge is 0.394 e. The number of aliphatic hydroxyl groups excluding tert-OH is 1. The summed E-state index contributed by atoms with van der Waals surface area (Å²) < 4.78 is 3.82. The van der Waals surface area contributed by atoms with Crippen molar-refractivity contribution >= 4 is 0 Å². The summed E-state index contributed by atoms with van der Waals surface area (Å²) in [6.07, 6.45) is 3.43. The van der Waals surface area contributed by atoms with Crippen molar-refractivity contribution in [3.8, 4) is 0 Å². The van der Waals surface area contributed by atoms with Crippen LogP contribution in [0.15, 0.2) is 12.5 Å². The van der Waals surface area contributed by atoms with Crippen molar-refractivity contribution in [3.63, 3.8) is 0 Å². The molecule has 0 spiro atoms. The second-order valence-corrected chi connectivity index (χ2v) is 4.51. The van der Waals surface area contributed by atoms with E-state index in [0.717, 1.165) is 17.1 Å². The molecule has 0 aliphatic heterocycles. The zero-order chi connectivity index (χ0) is 13.3. The van der Waals surface area contributed by atoms with Crippen LogP contribution >= 0.6 is 0 Å². The Morgan fingerprint density at radius 2 is 2.17 bits per heavy atom. The first-order valence-electron chi connectivity index (χ1n) is 5.90. The van der Waals surface area contributed by atoms with E-state index >= 15 is 0 Å². The predicted molar refractivity (Wildman–Crippen MR) is 68.0 cm³/mol. The minimum absolute atomic E-state index is 0.0866. The molecule has 0 aliphatic carbocycles. The SMILES string of the molecule is Cc1nn(C)c(C)c1Cn1cncc1C(N)CO. The highest BCUT2D eigenvalue weighted by molar-refractivity contribution is 5.25. The normalized spacial score (nSPS) is 12.9. The Bertz CT molecular complexity index is 543. The Morgan fingerprint density at radius 1 is 1.44 bits per heavy atom. The molecule has 3 N–H and O–H groups in total. The van der Waals surface area contributed by atoms with Gasteiger partial charge < -0.3 is 15.4 Å². The first kappa shape index (κ1) is 12.8. The molecule has 98 valence electrons. The minimum Gasteiger partial charge on any atom is -0.394 e. The molecule has 0 amide bonds. The lowest BCUT2D eigenvalue weighted by molar-refractivity contribution is 0.263. The topological polar surface area (TPSA) is 81.9 Å². The van der Waals surface area contributed by atoms with Crippen LogP contribution in [0, 0.1) is 13.8 Å². The number of nitrogens with two attached hydrogens (primary N) is 1. The van der Waals surface area contributed by atoms with Gasteiger partial charge in [0.15, 0.2) is 0 Å². The monoisotopic (exact) mass is 249 g/mol. The summed E-state index contributed by atoms with van der Waals surface area (Å²) in [6.45, 7) is 4.62. The molecule has 2 heterocycles. The number of hydrogen-bond acceptors (Lipinski definition) is 4. The average molecular weight is 249 g/mol. The van der Waals surface area contributed by atoms with Gasteiger partial charge in [0.25, 0.3) is 0 Å². The lowest BCUT2D eigenvalue weighted by atomic mass is 10.2. The summed E-state index contributed by atoms with van der Waals surface area (Å²) in [5.74, 6) is 0. The third-order valence-electron chi connectivity index (χ3n) is 3.31. The lowest BCUT2D eigenvalue weighted by Gasteiger charge is -2.12. The van der Waals surface area contributed by atoms with E-state index in [1.54, 1.807) is 12.5 Å². The molecule has 0 bridgehead atoms. The van der Waals surface area contributed by atoms with Crippen molar-refractivity contribution < 1.29 is 5.11 Å². The van der Waals surface area contributed by atoms with Crippen molar-refractivity contribution in [1.82, 2.24) is 19.3 Å². The van der Waals surface area contributed by atoms with E-state index in [1.165, 1.54) is 5.56 Å². The summed E-state index contributed by atoms with van der Waals surface area (Å²) in [4.78, 5) is 4.10. The van der Waals surface area contributed by atoms with E-state index in [-0.39, 0.29) is 6.61 Å². The second kappa shape index (κ2) is 4.91. The Morgan fingerprint density at radius 3 is 2.72 bits per heavy atom. The highest BCUT2D eigenvalue weighted by atomic mass is 16.3. The summed E-state index contributed by atoms with van der Waals surface area (Å²) >= 11 is 0. The molecule has 18 heavy (non-hydrogen) atoms.